The number of hydrogen-bond donors (Lipinski definition) is 4. The number of anilines is 1. The lowest BCUT2D eigenvalue weighted by atomic mass is 9.94. The number of aliphatic hydroxyl groups excluding tert-OH is 1. The molecule has 0 bridgehead atoms. The minimum atomic E-state index is -3.45. The van der Waals surface area contributed by atoms with Crippen LogP contribution in [0.3, 0.4) is 0 Å². The highest BCUT2D eigenvalue weighted by atomic mass is 16.6. The number of pyridine rings is 2. The molecule has 47 heavy (non-hydrogen) atoms. The molecule has 4 aromatic heterocycles. The van der Waals surface area contributed by atoms with Crippen LogP contribution < -0.4 is 20.1 Å². The standard InChI is InChI=1S/C31H34N8O8/c1-17-21(12-19(13-33-17)25(41)32-9-11-38-10-5-8-30(38,2)3)35-28(43)31(45)24(40)27(42)47-26-23(46-29(31)44)22-7-6-18(16-39(22)36-26)20-14-34-37(4)15-20/h6-7,12-16,24,40,45H,5,8-11H2,1-4H3,(H,32,41)(H,35,43). The Balaban J connectivity index is 1.21. The van der Waals surface area contributed by atoms with E-state index in [1.165, 1.54) is 29.8 Å². The van der Waals surface area contributed by atoms with Gasteiger partial charge < -0.3 is 30.3 Å². The van der Waals surface area contributed by atoms with Crippen LogP contribution in [0, 0.1) is 6.92 Å². The fourth-order valence-electron chi connectivity index (χ4n) is 5.71. The molecule has 6 rings (SSSR count). The van der Waals surface area contributed by atoms with Crippen LogP contribution in [0.1, 0.15) is 42.7 Å². The summed E-state index contributed by atoms with van der Waals surface area (Å²) in [5.41, 5.74) is -1.52. The number of aryl methyl sites for hydroxylation is 2. The number of aromatic nitrogens is 5. The predicted octanol–water partition coefficient (Wildman–Crippen LogP) is 0.598. The van der Waals surface area contributed by atoms with Gasteiger partial charge in [-0.2, -0.15) is 5.10 Å². The Hall–Kier alpha value is -5.19. The average Bonchev–Trinajstić information content (AvgIpc) is 3.72. The highest BCUT2D eigenvalue weighted by molar-refractivity contribution is 6.16. The number of rotatable bonds is 7. The normalized spacial score (nSPS) is 21.0. The van der Waals surface area contributed by atoms with Gasteiger partial charge in [-0.05, 0) is 52.3 Å². The molecule has 2 atom stereocenters. The van der Waals surface area contributed by atoms with Crippen LogP contribution in [-0.2, 0) is 21.4 Å². The predicted molar refractivity (Wildman–Crippen MR) is 164 cm³/mol. The molecule has 2 aliphatic rings. The number of hydrogen-bond acceptors (Lipinski definition) is 12. The van der Waals surface area contributed by atoms with Crippen LogP contribution >= 0.6 is 0 Å². The summed E-state index contributed by atoms with van der Waals surface area (Å²) < 4.78 is 13.4. The smallest absolute Gasteiger partial charge is 0.357 e. The van der Waals surface area contributed by atoms with E-state index in [1.54, 1.807) is 36.4 Å². The lowest BCUT2D eigenvalue weighted by molar-refractivity contribution is -0.184. The second-order valence-electron chi connectivity index (χ2n) is 12.2. The number of ether oxygens (including phenoxy) is 2. The first-order valence-corrected chi connectivity index (χ1v) is 14.9. The summed E-state index contributed by atoms with van der Waals surface area (Å²) in [4.78, 5) is 59.1. The number of amides is 2. The summed E-state index contributed by atoms with van der Waals surface area (Å²) in [5, 5.41) is 35.4. The molecule has 4 aromatic rings. The van der Waals surface area contributed by atoms with E-state index in [0.29, 0.717) is 18.7 Å². The molecule has 6 heterocycles. The van der Waals surface area contributed by atoms with Crippen LogP contribution in [-0.4, -0.2) is 100 Å². The van der Waals surface area contributed by atoms with Crippen molar-refractivity contribution in [3.63, 3.8) is 0 Å². The van der Waals surface area contributed by atoms with E-state index in [-0.39, 0.29) is 33.7 Å². The topological polar surface area (TPSA) is 203 Å². The largest absolute Gasteiger partial charge is 0.416 e. The molecule has 0 aliphatic carbocycles. The third kappa shape index (κ3) is 5.82. The molecule has 1 saturated heterocycles. The fourth-order valence-corrected chi connectivity index (χ4v) is 5.71. The van der Waals surface area contributed by atoms with Gasteiger partial charge in [-0.3, -0.25) is 24.2 Å². The first-order valence-electron chi connectivity index (χ1n) is 14.9. The molecular formula is C31H34N8O8. The average molecular weight is 647 g/mol. The number of carbonyl (C=O) groups is 4. The summed E-state index contributed by atoms with van der Waals surface area (Å²) in [6, 6.07) is 4.52. The zero-order valence-corrected chi connectivity index (χ0v) is 26.2. The van der Waals surface area contributed by atoms with Gasteiger partial charge in [0.2, 0.25) is 11.9 Å². The lowest BCUT2D eigenvalue weighted by Gasteiger charge is -2.31. The van der Waals surface area contributed by atoms with Gasteiger partial charge in [0.15, 0.2) is 0 Å². The fraction of sp³-hybridized carbons (Fsp3) is 0.387. The van der Waals surface area contributed by atoms with Crippen molar-refractivity contribution >= 4 is 35.0 Å². The number of carbonyl (C=O) groups excluding carboxylic acids is 4. The number of likely N-dealkylation sites (tertiary alicyclic amines) is 1. The van der Waals surface area contributed by atoms with E-state index in [9.17, 15) is 29.4 Å². The van der Waals surface area contributed by atoms with Gasteiger partial charge in [0.05, 0.1) is 23.1 Å². The molecule has 2 unspecified atom stereocenters. The van der Waals surface area contributed by atoms with Crippen molar-refractivity contribution in [2.24, 2.45) is 7.05 Å². The van der Waals surface area contributed by atoms with Gasteiger partial charge in [-0.1, -0.05) is 6.07 Å². The molecule has 2 amide bonds. The first-order chi connectivity index (χ1) is 22.3. The number of nitrogens with one attached hydrogen (secondary N) is 2. The Kier molecular flexibility index (Phi) is 8.03. The number of aliphatic hydroxyl groups is 2. The van der Waals surface area contributed by atoms with E-state index in [1.807, 2.05) is 0 Å². The van der Waals surface area contributed by atoms with Gasteiger partial charge in [-0.15, -0.1) is 5.10 Å². The van der Waals surface area contributed by atoms with Crippen molar-refractivity contribution in [2.45, 2.75) is 50.9 Å². The molecule has 0 spiro atoms. The monoisotopic (exact) mass is 646 g/mol. The Morgan fingerprint density at radius 2 is 1.91 bits per heavy atom. The van der Waals surface area contributed by atoms with E-state index in [0.717, 1.165) is 24.9 Å². The van der Waals surface area contributed by atoms with Crippen molar-refractivity contribution in [3.05, 3.63) is 54.2 Å². The van der Waals surface area contributed by atoms with Gasteiger partial charge in [0, 0.05) is 55.4 Å². The number of esters is 2. The third-order valence-corrected chi connectivity index (χ3v) is 8.60. The van der Waals surface area contributed by atoms with Crippen molar-refractivity contribution in [3.8, 4) is 22.8 Å². The van der Waals surface area contributed by atoms with E-state index in [2.05, 4.69) is 44.6 Å². The maximum Gasteiger partial charge on any atom is 0.357 e. The summed E-state index contributed by atoms with van der Waals surface area (Å²) in [7, 11) is 1.76. The van der Waals surface area contributed by atoms with Crippen molar-refractivity contribution in [1.29, 1.82) is 0 Å². The Bertz CT molecular complexity index is 1920. The summed E-state index contributed by atoms with van der Waals surface area (Å²) in [5.74, 6) is -5.96. The Labute approximate surface area is 268 Å². The Morgan fingerprint density at radius 1 is 1.13 bits per heavy atom. The summed E-state index contributed by atoms with van der Waals surface area (Å²) in [6.45, 7) is 7.82. The third-order valence-electron chi connectivity index (χ3n) is 8.60. The van der Waals surface area contributed by atoms with E-state index >= 15 is 0 Å². The molecule has 0 radical (unpaired) electrons. The molecular weight excluding hydrogens is 612 g/mol. The Morgan fingerprint density at radius 3 is 2.62 bits per heavy atom. The molecule has 2 aliphatic heterocycles. The van der Waals surface area contributed by atoms with Crippen molar-refractivity contribution in [2.75, 3.05) is 25.0 Å². The van der Waals surface area contributed by atoms with Gasteiger partial charge in [-0.25, -0.2) is 14.1 Å². The molecule has 246 valence electrons. The summed E-state index contributed by atoms with van der Waals surface area (Å²) >= 11 is 0. The van der Waals surface area contributed by atoms with Gasteiger partial charge in [0.1, 0.15) is 5.52 Å². The quantitative estimate of drug-likeness (QED) is 0.161. The number of nitrogens with zero attached hydrogens (tertiary/aromatic N) is 6. The second kappa shape index (κ2) is 11.9. The maximum absolute atomic E-state index is 13.5. The highest BCUT2D eigenvalue weighted by Gasteiger charge is 2.58. The molecule has 0 saturated carbocycles. The highest BCUT2D eigenvalue weighted by Crippen LogP contribution is 2.37. The molecule has 1 fully saturated rings. The van der Waals surface area contributed by atoms with Crippen LogP contribution in [0.4, 0.5) is 5.69 Å². The zero-order chi connectivity index (χ0) is 33.7. The van der Waals surface area contributed by atoms with Crippen molar-refractivity contribution in [1.82, 2.24) is 34.6 Å². The first kappa shape index (κ1) is 31.8. The van der Waals surface area contributed by atoms with Crippen molar-refractivity contribution < 1.29 is 38.9 Å². The van der Waals surface area contributed by atoms with E-state index < -0.39 is 41.3 Å². The van der Waals surface area contributed by atoms with Crippen LogP contribution in [0.15, 0.2) is 43.0 Å². The van der Waals surface area contributed by atoms with Gasteiger partial charge in [0.25, 0.3) is 23.3 Å². The van der Waals surface area contributed by atoms with Crippen LogP contribution in [0.25, 0.3) is 16.6 Å². The SMILES string of the molecule is Cc1ncc(C(=O)NCCN2CCCC2(C)C)cc1NC(=O)C1(O)C(=O)Oc2c(nn3cc(-c4cnn(C)c4)ccc23)OC(=O)C1O. The van der Waals surface area contributed by atoms with E-state index in [4.69, 9.17) is 9.47 Å². The maximum atomic E-state index is 13.5. The molecule has 16 heteroatoms. The summed E-state index contributed by atoms with van der Waals surface area (Å²) in [6.07, 6.45) is 5.75. The molecule has 16 nitrogen and oxygen atoms in total. The minimum absolute atomic E-state index is 0.0493. The second-order valence-corrected chi connectivity index (χ2v) is 12.2. The molecule has 0 aromatic carbocycles. The minimum Gasteiger partial charge on any atom is -0.416 e. The van der Waals surface area contributed by atoms with Crippen LogP contribution in [0.2, 0.25) is 0 Å². The molecule has 4 N–H and O–H groups in total. The number of fused-ring (bicyclic) bond motifs is 3. The lowest BCUT2D eigenvalue weighted by Crippen LogP contribution is -2.63. The zero-order valence-electron chi connectivity index (χ0n) is 26.2. The van der Waals surface area contributed by atoms with Gasteiger partial charge >= 0.3 is 11.9 Å². The van der Waals surface area contributed by atoms with Crippen LogP contribution in [0.5, 0.6) is 11.6 Å².